The third-order valence-electron chi connectivity index (χ3n) is 2.70. The van der Waals surface area contributed by atoms with Gasteiger partial charge in [-0.3, -0.25) is 4.79 Å². The van der Waals surface area contributed by atoms with Gasteiger partial charge in [0.2, 0.25) is 10.0 Å². The maximum atomic E-state index is 13.3. The topological polar surface area (TPSA) is 115 Å². The maximum absolute atomic E-state index is 13.3. The molecule has 0 atom stereocenters. The molecule has 0 aliphatic heterocycles. The summed E-state index contributed by atoms with van der Waals surface area (Å²) in [6.45, 7) is 0. The van der Waals surface area contributed by atoms with Crippen LogP contribution in [-0.4, -0.2) is 14.3 Å². The smallest absolute Gasteiger partial charge is 0.255 e. The lowest BCUT2D eigenvalue weighted by molar-refractivity contribution is 0.102. The Morgan fingerprint density at radius 3 is 2.43 bits per heavy atom. The fourth-order valence-corrected chi connectivity index (χ4v) is 2.37. The van der Waals surface area contributed by atoms with Crippen LogP contribution in [0.25, 0.3) is 0 Å². The number of nitrogens with one attached hydrogen (secondary N) is 1. The molecule has 0 bridgehead atoms. The second-order valence-corrected chi connectivity index (χ2v) is 5.76. The van der Waals surface area contributed by atoms with Gasteiger partial charge in [-0.05, 0) is 30.3 Å². The number of hydrogen-bond donors (Lipinski definition) is 3. The number of carbonyl (C=O) groups is 1. The number of carbonyl (C=O) groups excluding carboxylic acids is 1. The molecule has 2 aromatic carbocycles. The lowest BCUT2D eigenvalue weighted by Gasteiger charge is -2.09. The van der Waals surface area contributed by atoms with Crippen molar-refractivity contribution in [3.8, 4) is 0 Å². The molecule has 8 heteroatoms. The number of amides is 1. The minimum atomic E-state index is -3.98. The lowest BCUT2D eigenvalue weighted by atomic mass is 10.2. The molecule has 110 valence electrons. The summed E-state index contributed by atoms with van der Waals surface area (Å²) in [4.78, 5) is 11.8. The maximum Gasteiger partial charge on any atom is 0.255 e. The summed E-state index contributed by atoms with van der Waals surface area (Å²) in [7, 11) is -3.98. The van der Waals surface area contributed by atoms with Gasteiger partial charge in [0.1, 0.15) is 10.7 Å². The van der Waals surface area contributed by atoms with Crippen LogP contribution in [0, 0.1) is 5.82 Å². The van der Waals surface area contributed by atoms with Crippen LogP contribution in [-0.2, 0) is 10.0 Å². The summed E-state index contributed by atoms with van der Waals surface area (Å²) < 4.78 is 36.2. The van der Waals surface area contributed by atoms with E-state index >= 15 is 0 Å². The lowest BCUT2D eigenvalue weighted by Crippen LogP contribution is -2.18. The van der Waals surface area contributed by atoms with Crippen LogP contribution in [0.3, 0.4) is 0 Å². The number of anilines is 2. The van der Waals surface area contributed by atoms with Gasteiger partial charge in [0.15, 0.2) is 0 Å². The largest absolute Gasteiger partial charge is 0.396 e. The summed E-state index contributed by atoms with van der Waals surface area (Å²) in [5, 5.41) is 7.43. The minimum absolute atomic E-state index is 0.00548. The average molecular weight is 309 g/mol. The highest BCUT2D eigenvalue weighted by Crippen LogP contribution is 2.20. The van der Waals surface area contributed by atoms with Crippen molar-refractivity contribution in [3.05, 3.63) is 53.8 Å². The van der Waals surface area contributed by atoms with Gasteiger partial charge < -0.3 is 11.1 Å². The fraction of sp³-hybridized carbons (Fsp3) is 0. The number of hydrogen-bond acceptors (Lipinski definition) is 4. The predicted octanol–water partition coefficient (Wildman–Crippen LogP) is 1.31. The molecule has 0 radical (unpaired) electrons. The molecule has 0 unspecified atom stereocenters. The number of nitrogen functional groups attached to an aromatic ring is 1. The molecule has 6 nitrogen and oxygen atoms in total. The normalized spacial score (nSPS) is 11.1. The van der Waals surface area contributed by atoms with Crippen LogP contribution < -0.4 is 16.2 Å². The highest BCUT2D eigenvalue weighted by molar-refractivity contribution is 7.89. The molecule has 5 N–H and O–H groups in total. The summed E-state index contributed by atoms with van der Waals surface area (Å²) in [5.41, 5.74) is 5.25. The van der Waals surface area contributed by atoms with Gasteiger partial charge in [0, 0.05) is 5.56 Å². The van der Waals surface area contributed by atoms with E-state index in [0.29, 0.717) is 0 Å². The first-order chi connectivity index (χ1) is 9.79. The van der Waals surface area contributed by atoms with Crippen molar-refractivity contribution >= 4 is 27.3 Å². The van der Waals surface area contributed by atoms with Gasteiger partial charge in [0.05, 0.1) is 11.4 Å². The van der Waals surface area contributed by atoms with Crippen LogP contribution in [0.4, 0.5) is 15.8 Å². The van der Waals surface area contributed by atoms with Crippen molar-refractivity contribution in [1.82, 2.24) is 0 Å². The second kappa shape index (κ2) is 5.51. The standard InChI is InChI=1S/C13H12FN3O3S/c14-9-7-8(5-6-10(9)15)13(18)17-11-3-1-2-4-12(11)21(16,19)20/h1-7H,15H2,(H,17,18)(H2,16,19,20). The van der Waals surface area contributed by atoms with Crippen LogP contribution >= 0.6 is 0 Å². The van der Waals surface area contributed by atoms with E-state index in [1.54, 1.807) is 0 Å². The average Bonchev–Trinajstić information content (AvgIpc) is 2.41. The summed E-state index contributed by atoms with van der Waals surface area (Å²) in [5.74, 6) is -1.41. The predicted molar refractivity (Wildman–Crippen MR) is 76.6 cm³/mol. The third kappa shape index (κ3) is 3.36. The van der Waals surface area contributed by atoms with Crippen molar-refractivity contribution < 1.29 is 17.6 Å². The molecule has 0 heterocycles. The summed E-state index contributed by atoms with van der Waals surface area (Å²) in [6, 6.07) is 9.18. The number of para-hydroxylation sites is 1. The highest BCUT2D eigenvalue weighted by atomic mass is 32.2. The number of sulfonamides is 1. The Hall–Kier alpha value is -2.45. The van der Waals surface area contributed by atoms with Gasteiger partial charge >= 0.3 is 0 Å². The second-order valence-electron chi connectivity index (χ2n) is 4.23. The Kier molecular flexibility index (Phi) is 3.92. The van der Waals surface area contributed by atoms with Gasteiger partial charge in [-0.25, -0.2) is 17.9 Å². The van der Waals surface area contributed by atoms with Crippen LogP contribution in [0.15, 0.2) is 47.4 Å². The molecule has 0 spiro atoms. The van der Waals surface area contributed by atoms with Crippen molar-refractivity contribution in [2.75, 3.05) is 11.1 Å². The van der Waals surface area contributed by atoms with Crippen molar-refractivity contribution in [3.63, 3.8) is 0 Å². The molecule has 0 aliphatic rings. The van der Waals surface area contributed by atoms with Crippen LogP contribution in [0.5, 0.6) is 0 Å². The summed E-state index contributed by atoms with van der Waals surface area (Å²) in [6.07, 6.45) is 0. The Morgan fingerprint density at radius 1 is 1.14 bits per heavy atom. The Bertz CT molecular complexity index is 806. The Balaban J connectivity index is 2.34. The van der Waals surface area contributed by atoms with E-state index in [-0.39, 0.29) is 21.8 Å². The SMILES string of the molecule is Nc1ccc(C(=O)Nc2ccccc2S(N)(=O)=O)cc1F. The number of nitrogens with two attached hydrogens (primary N) is 2. The number of halogens is 1. The summed E-state index contributed by atoms with van der Waals surface area (Å²) >= 11 is 0. The zero-order valence-electron chi connectivity index (χ0n) is 10.7. The molecule has 1 amide bonds. The first-order valence-electron chi connectivity index (χ1n) is 5.77. The molecular weight excluding hydrogens is 297 g/mol. The Morgan fingerprint density at radius 2 is 1.81 bits per heavy atom. The zero-order valence-corrected chi connectivity index (χ0v) is 11.5. The number of primary sulfonamides is 1. The monoisotopic (exact) mass is 309 g/mol. The molecule has 2 rings (SSSR count). The Labute approximate surface area is 120 Å². The van der Waals surface area contributed by atoms with E-state index in [4.69, 9.17) is 10.9 Å². The van der Waals surface area contributed by atoms with Gasteiger partial charge in [-0.1, -0.05) is 12.1 Å². The van der Waals surface area contributed by atoms with E-state index in [1.807, 2.05) is 0 Å². The first-order valence-corrected chi connectivity index (χ1v) is 7.32. The molecule has 0 saturated heterocycles. The first kappa shape index (κ1) is 14.9. The van der Waals surface area contributed by atoms with E-state index < -0.39 is 21.7 Å². The quantitative estimate of drug-likeness (QED) is 0.741. The fourth-order valence-electron chi connectivity index (χ4n) is 1.68. The van der Waals surface area contributed by atoms with Crippen LogP contribution in [0.1, 0.15) is 10.4 Å². The molecule has 2 aromatic rings. The van der Waals surface area contributed by atoms with Gasteiger partial charge in [-0.15, -0.1) is 0 Å². The molecule has 21 heavy (non-hydrogen) atoms. The number of rotatable bonds is 3. The van der Waals surface area contributed by atoms with Crippen molar-refractivity contribution in [1.29, 1.82) is 0 Å². The van der Waals surface area contributed by atoms with E-state index in [0.717, 1.165) is 6.07 Å². The molecular formula is C13H12FN3O3S. The molecule has 0 saturated carbocycles. The van der Waals surface area contributed by atoms with E-state index in [9.17, 15) is 17.6 Å². The zero-order chi connectivity index (χ0) is 15.6. The highest BCUT2D eigenvalue weighted by Gasteiger charge is 2.16. The van der Waals surface area contributed by atoms with E-state index in [2.05, 4.69) is 5.32 Å². The van der Waals surface area contributed by atoms with Crippen molar-refractivity contribution in [2.45, 2.75) is 4.90 Å². The third-order valence-corrected chi connectivity index (χ3v) is 3.67. The van der Waals surface area contributed by atoms with Crippen molar-refractivity contribution in [2.24, 2.45) is 5.14 Å². The molecule has 0 aromatic heterocycles. The molecule has 0 fully saturated rings. The van der Waals surface area contributed by atoms with Crippen LogP contribution in [0.2, 0.25) is 0 Å². The van der Waals surface area contributed by atoms with E-state index in [1.165, 1.54) is 36.4 Å². The van der Waals surface area contributed by atoms with Gasteiger partial charge in [0.25, 0.3) is 5.91 Å². The molecule has 0 aliphatic carbocycles. The van der Waals surface area contributed by atoms with Gasteiger partial charge in [-0.2, -0.15) is 0 Å². The minimum Gasteiger partial charge on any atom is -0.396 e. The number of benzene rings is 2.